The number of amides is 1. The van der Waals surface area contributed by atoms with E-state index in [4.69, 9.17) is 9.47 Å². The molecule has 1 unspecified atom stereocenters. The number of carboxylic acid groups (broad SMARTS) is 1. The lowest BCUT2D eigenvalue weighted by Gasteiger charge is -2.33. The van der Waals surface area contributed by atoms with E-state index in [2.05, 4.69) is 15.2 Å². The molecule has 2 heterocycles. The summed E-state index contributed by atoms with van der Waals surface area (Å²) in [7, 11) is 0. The summed E-state index contributed by atoms with van der Waals surface area (Å²) in [5.41, 5.74) is 1.60. The largest absolute Gasteiger partial charge is 0.494 e. The number of hydrogen-bond donors (Lipinski definition) is 2. The molecule has 2 aromatic rings. The predicted octanol–water partition coefficient (Wildman–Crippen LogP) is 5.29. The maximum atomic E-state index is 12.6. The van der Waals surface area contributed by atoms with Gasteiger partial charge in [-0.05, 0) is 93.5 Å². The minimum absolute atomic E-state index is 0.0107. The number of allylic oxidation sites excluding steroid dienone is 2. The first-order valence-electron chi connectivity index (χ1n) is 12.9. The Morgan fingerprint density at radius 1 is 1.14 bits per heavy atom. The Labute approximate surface area is 218 Å². The number of hydrogen-bond acceptors (Lipinski definition) is 6. The number of ether oxygens (including phenoxy) is 2. The van der Waals surface area contributed by atoms with Gasteiger partial charge in [-0.3, -0.25) is 4.79 Å². The van der Waals surface area contributed by atoms with Crippen LogP contribution in [0.5, 0.6) is 5.75 Å². The Balaban J connectivity index is 1.23. The third-order valence-electron chi connectivity index (χ3n) is 6.67. The predicted molar refractivity (Wildman–Crippen MR) is 143 cm³/mol. The maximum Gasteiger partial charge on any atom is 0.331 e. The van der Waals surface area contributed by atoms with Gasteiger partial charge in [0.05, 0.1) is 24.6 Å². The van der Waals surface area contributed by atoms with Gasteiger partial charge in [0.1, 0.15) is 17.3 Å². The van der Waals surface area contributed by atoms with Crippen LogP contribution in [0.2, 0.25) is 0 Å². The number of aromatic nitrogens is 1. The number of anilines is 2. The molecule has 2 aliphatic rings. The van der Waals surface area contributed by atoms with Crippen LogP contribution >= 0.6 is 0 Å². The second-order valence-corrected chi connectivity index (χ2v) is 9.94. The van der Waals surface area contributed by atoms with Crippen LogP contribution in [0.3, 0.4) is 0 Å². The molecule has 1 saturated heterocycles. The molecule has 1 aliphatic carbocycles. The molecule has 1 atom stereocenters. The molecule has 1 fully saturated rings. The van der Waals surface area contributed by atoms with Gasteiger partial charge in [-0.25, -0.2) is 9.78 Å². The number of carbonyl (C=O) groups excluding carboxylic acids is 1. The highest BCUT2D eigenvalue weighted by atomic mass is 16.5. The van der Waals surface area contributed by atoms with Gasteiger partial charge in [-0.2, -0.15) is 0 Å². The summed E-state index contributed by atoms with van der Waals surface area (Å²) in [5, 5.41) is 12.2. The summed E-state index contributed by atoms with van der Waals surface area (Å²) in [5.74, 6) is 1.63. The van der Waals surface area contributed by atoms with E-state index in [0.717, 1.165) is 37.5 Å². The maximum absolute atomic E-state index is 12.6. The third-order valence-corrected chi connectivity index (χ3v) is 6.67. The molecule has 0 bridgehead atoms. The van der Waals surface area contributed by atoms with Crippen molar-refractivity contribution in [2.75, 3.05) is 29.9 Å². The fourth-order valence-corrected chi connectivity index (χ4v) is 4.50. The van der Waals surface area contributed by atoms with E-state index in [1.54, 1.807) is 36.5 Å². The second-order valence-electron chi connectivity index (χ2n) is 9.94. The van der Waals surface area contributed by atoms with Gasteiger partial charge in [0, 0.05) is 24.2 Å². The zero-order valence-electron chi connectivity index (χ0n) is 21.6. The molecule has 1 aromatic heterocycles. The molecule has 0 saturated carbocycles. The van der Waals surface area contributed by atoms with Gasteiger partial charge in [-0.15, -0.1) is 0 Å². The van der Waals surface area contributed by atoms with Gasteiger partial charge < -0.3 is 24.8 Å². The van der Waals surface area contributed by atoms with E-state index in [1.807, 2.05) is 39.0 Å². The summed E-state index contributed by atoms with van der Waals surface area (Å²) < 4.78 is 11.6. The molecule has 1 aliphatic heterocycles. The van der Waals surface area contributed by atoms with E-state index in [1.165, 1.54) is 0 Å². The highest BCUT2D eigenvalue weighted by Gasteiger charge is 2.23. The number of aliphatic carboxylic acids is 1. The first kappa shape index (κ1) is 26.3. The number of carbonyl (C=O) groups is 2. The van der Waals surface area contributed by atoms with E-state index in [-0.39, 0.29) is 17.9 Å². The van der Waals surface area contributed by atoms with E-state index >= 15 is 0 Å². The van der Waals surface area contributed by atoms with E-state index < -0.39 is 5.97 Å². The zero-order valence-corrected chi connectivity index (χ0v) is 21.6. The summed E-state index contributed by atoms with van der Waals surface area (Å²) >= 11 is 0. The second kappa shape index (κ2) is 12.0. The van der Waals surface area contributed by atoms with Crippen molar-refractivity contribution in [3.8, 4) is 5.75 Å². The number of nitrogens with zero attached hydrogens (tertiary/aromatic N) is 2. The molecule has 2 N–H and O–H groups in total. The Morgan fingerprint density at radius 2 is 1.86 bits per heavy atom. The van der Waals surface area contributed by atoms with Crippen molar-refractivity contribution in [1.29, 1.82) is 0 Å². The van der Waals surface area contributed by atoms with Crippen LogP contribution in [0, 0.1) is 11.8 Å². The lowest BCUT2D eigenvalue weighted by Crippen LogP contribution is -2.35. The monoisotopic (exact) mass is 505 g/mol. The Morgan fingerprint density at radius 3 is 2.49 bits per heavy atom. The first-order chi connectivity index (χ1) is 17.8. The number of carboxylic acids is 1. The molecule has 196 valence electrons. The quantitative estimate of drug-likeness (QED) is 0.478. The van der Waals surface area contributed by atoms with Crippen LogP contribution in [0.25, 0.3) is 0 Å². The molecular weight excluding hydrogens is 470 g/mol. The smallest absolute Gasteiger partial charge is 0.331 e. The van der Waals surface area contributed by atoms with Gasteiger partial charge in [0.25, 0.3) is 5.91 Å². The molecule has 0 spiro atoms. The SMILES string of the molecule is CC(C)Oc1ccc(C(=O)Nc2ccc(N3CCC(COC4=CCC(C)C(C(=O)O)=C4)CC3)nc2)cc1. The number of rotatable bonds is 9. The Bertz CT molecular complexity index is 1150. The number of pyridine rings is 1. The van der Waals surface area contributed by atoms with Gasteiger partial charge in [0.15, 0.2) is 0 Å². The van der Waals surface area contributed by atoms with E-state index in [0.29, 0.717) is 41.5 Å². The van der Waals surface area contributed by atoms with Crippen molar-refractivity contribution < 1.29 is 24.2 Å². The van der Waals surface area contributed by atoms with Crippen molar-refractivity contribution in [2.24, 2.45) is 11.8 Å². The van der Waals surface area contributed by atoms with Gasteiger partial charge in [0.2, 0.25) is 0 Å². The third kappa shape index (κ3) is 7.12. The average molecular weight is 506 g/mol. The fourth-order valence-electron chi connectivity index (χ4n) is 4.50. The van der Waals surface area contributed by atoms with Gasteiger partial charge in [-0.1, -0.05) is 6.92 Å². The van der Waals surface area contributed by atoms with Crippen molar-refractivity contribution in [1.82, 2.24) is 4.98 Å². The number of nitrogens with one attached hydrogen (secondary N) is 1. The first-order valence-corrected chi connectivity index (χ1v) is 12.9. The summed E-state index contributed by atoms with van der Waals surface area (Å²) in [6, 6.07) is 10.9. The van der Waals surface area contributed by atoms with Gasteiger partial charge >= 0.3 is 5.97 Å². The van der Waals surface area contributed by atoms with Crippen molar-refractivity contribution in [3.63, 3.8) is 0 Å². The van der Waals surface area contributed by atoms with Crippen LogP contribution in [-0.4, -0.2) is 47.8 Å². The van der Waals surface area contributed by atoms with Crippen LogP contribution in [0.1, 0.15) is 50.4 Å². The summed E-state index contributed by atoms with van der Waals surface area (Å²) in [4.78, 5) is 30.7. The average Bonchev–Trinajstić information content (AvgIpc) is 2.89. The van der Waals surface area contributed by atoms with Crippen LogP contribution in [-0.2, 0) is 9.53 Å². The molecule has 37 heavy (non-hydrogen) atoms. The van der Waals surface area contributed by atoms with Crippen LogP contribution < -0.4 is 15.0 Å². The van der Waals surface area contributed by atoms with Crippen molar-refractivity contribution >= 4 is 23.4 Å². The molecule has 8 heteroatoms. The Hall–Kier alpha value is -3.81. The Kier molecular flexibility index (Phi) is 8.48. The lowest BCUT2D eigenvalue weighted by molar-refractivity contribution is -0.133. The number of benzene rings is 1. The van der Waals surface area contributed by atoms with E-state index in [9.17, 15) is 14.7 Å². The molecule has 1 amide bonds. The molecule has 4 rings (SSSR count). The van der Waals surface area contributed by atoms with Crippen molar-refractivity contribution in [3.05, 3.63) is 71.6 Å². The minimum Gasteiger partial charge on any atom is -0.494 e. The molecular formula is C29H35N3O5. The van der Waals surface area contributed by atoms with Crippen molar-refractivity contribution in [2.45, 2.75) is 46.1 Å². The lowest BCUT2D eigenvalue weighted by atomic mass is 9.92. The zero-order chi connectivity index (χ0) is 26.4. The van der Waals surface area contributed by atoms with Crippen LogP contribution in [0.15, 0.2) is 66.1 Å². The normalized spacial score (nSPS) is 18.2. The fraction of sp³-hybridized carbons (Fsp3) is 0.414. The minimum atomic E-state index is -0.876. The molecule has 8 nitrogen and oxygen atoms in total. The number of piperidine rings is 1. The standard InChI is InChI=1S/C29H35N3O5/c1-19(2)37-24-9-5-22(6-10-24)28(33)31-23-7-11-27(30-17-23)32-14-12-21(13-15-32)18-36-25-8-4-20(3)26(16-25)29(34)35/h5-11,16-17,19-21H,4,12-15,18H2,1-3H3,(H,31,33)(H,34,35). The molecule has 0 radical (unpaired) electrons. The summed E-state index contributed by atoms with van der Waals surface area (Å²) in [6.45, 7) is 8.15. The topological polar surface area (TPSA) is 101 Å². The molecule has 1 aromatic carbocycles. The highest BCUT2D eigenvalue weighted by molar-refractivity contribution is 6.04. The summed E-state index contributed by atoms with van der Waals surface area (Å²) in [6.07, 6.45) is 8.03. The van der Waals surface area contributed by atoms with Crippen LogP contribution in [0.4, 0.5) is 11.5 Å². The highest BCUT2D eigenvalue weighted by Crippen LogP contribution is 2.27.